The second-order valence-corrected chi connectivity index (χ2v) is 3.84. The molecule has 0 aromatic carbocycles. The third kappa shape index (κ3) is 2.96. The van der Waals surface area contributed by atoms with Crippen molar-refractivity contribution in [2.75, 3.05) is 7.05 Å². The van der Waals surface area contributed by atoms with Gasteiger partial charge >= 0.3 is 7.75 Å². The van der Waals surface area contributed by atoms with Crippen molar-refractivity contribution in [3.63, 3.8) is 0 Å². The Morgan fingerprint density at radius 3 is 1.78 bits per heavy atom. The van der Waals surface area contributed by atoms with Crippen LogP contribution in [0.15, 0.2) is 0 Å². The molecule has 0 amide bonds. The summed E-state index contributed by atoms with van der Waals surface area (Å²) in [6.45, 7) is 3.44. The van der Waals surface area contributed by atoms with Gasteiger partial charge in [-0.2, -0.15) is 0 Å². The molecule has 2 N–H and O–H groups in total. The summed E-state index contributed by atoms with van der Waals surface area (Å²) < 4.78 is 11.4. The van der Waals surface area contributed by atoms with E-state index >= 15 is 0 Å². The van der Waals surface area contributed by atoms with Crippen molar-refractivity contribution < 1.29 is 14.4 Å². The van der Waals surface area contributed by atoms with Crippen molar-refractivity contribution in [3.8, 4) is 0 Å². The summed E-state index contributed by atoms with van der Waals surface area (Å²) >= 11 is 0. The average Bonchev–Trinajstić information content (AvgIpc) is 1.62. The van der Waals surface area contributed by atoms with Crippen LogP contribution >= 0.6 is 7.75 Å². The summed E-state index contributed by atoms with van der Waals surface area (Å²) in [6, 6.07) is -0.120. The van der Waals surface area contributed by atoms with E-state index in [-0.39, 0.29) is 6.04 Å². The third-order valence-electron chi connectivity index (χ3n) is 1.16. The second kappa shape index (κ2) is 2.80. The molecule has 0 fully saturated rings. The minimum absolute atomic E-state index is 0.120. The zero-order valence-corrected chi connectivity index (χ0v) is 6.67. The van der Waals surface area contributed by atoms with E-state index in [2.05, 4.69) is 0 Å². The van der Waals surface area contributed by atoms with Gasteiger partial charge in [-0.1, -0.05) is 0 Å². The fourth-order valence-corrected chi connectivity index (χ4v) is 0.903. The maximum Gasteiger partial charge on any atom is 0.402 e. The smallest absolute Gasteiger partial charge is 0.312 e. The van der Waals surface area contributed by atoms with Crippen LogP contribution in [-0.2, 0) is 4.57 Å². The lowest BCUT2D eigenvalue weighted by Gasteiger charge is -2.20. The predicted octanol–water partition coefficient (Wildman–Crippen LogP) is 0.419. The summed E-state index contributed by atoms with van der Waals surface area (Å²) in [5.74, 6) is 0. The van der Waals surface area contributed by atoms with Crippen LogP contribution in [0.25, 0.3) is 0 Å². The van der Waals surface area contributed by atoms with E-state index in [4.69, 9.17) is 9.79 Å². The summed E-state index contributed by atoms with van der Waals surface area (Å²) in [7, 11) is -2.59. The van der Waals surface area contributed by atoms with Crippen LogP contribution in [0.3, 0.4) is 0 Å². The molecule has 5 heteroatoms. The van der Waals surface area contributed by atoms with E-state index in [9.17, 15) is 4.57 Å². The maximum atomic E-state index is 10.4. The van der Waals surface area contributed by atoms with Gasteiger partial charge in [0.1, 0.15) is 0 Å². The van der Waals surface area contributed by atoms with Crippen molar-refractivity contribution in [3.05, 3.63) is 0 Å². The van der Waals surface area contributed by atoms with Gasteiger partial charge in [0.2, 0.25) is 0 Å². The van der Waals surface area contributed by atoms with Crippen molar-refractivity contribution in [2.45, 2.75) is 19.9 Å². The quantitative estimate of drug-likeness (QED) is 0.564. The Balaban J connectivity index is 4.05. The Morgan fingerprint density at radius 2 is 1.78 bits per heavy atom. The van der Waals surface area contributed by atoms with Gasteiger partial charge in [0, 0.05) is 6.04 Å². The van der Waals surface area contributed by atoms with Gasteiger partial charge in [-0.3, -0.25) is 0 Å². The Hall–Kier alpha value is 0.110. The first-order valence-corrected chi connectivity index (χ1v) is 4.21. The Kier molecular flexibility index (Phi) is 2.83. The standard InChI is InChI=1S/C4H12NO3P/c1-4(2)5(3)9(6,7)8/h4H,1-3H3,(H2,6,7,8). The van der Waals surface area contributed by atoms with Crippen molar-refractivity contribution in [1.82, 2.24) is 4.67 Å². The molecule has 0 saturated heterocycles. The fraction of sp³-hybridized carbons (Fsp3) is 1.00. The van der Waals surface area contributed by atoms with Gasteiger partial charge in [-0.25, -0.2) is 9.24 Å². The van der Waals surface area contributed by atoms with Crippen LogP contribution in [0.4, 0.5) is 0 Å². The van der Waals surface area contributed by atoms with Crippen LogP contribution in [0.2, 0.25) is 0 Å². The molecule has 0 aliphatic carbocycles. The summed E-state index contributed by atoms with van der Waals surface area (Å²) in [4.78, 5) is 17.0. The SMILES string of the molecule is CC(C)N(C)P(=O)(O)O. The average molecular weight is 153 g/mol. The Morgan fingerprint density at radius 1 is 1.44 bits per heavy atom. The molecule has 0 bridgehead atoms. The Bertz CT molecular complexity index is 130. The van der Waals surface area contributed by atoms with Crippen LogP contribution in [-0.4, -0.2) is 27.5 Å². The van der Waals surface area contributed by atoms with Gasteiger partial charge < -0.3 is 9.79 Å². The highest BCUT2D eigenvalue weighted by Crippen LogP contribution is 2.39. The van der Waals surface area contributed by atoms with Crippen LogP contribution in [0.5, 0.6) is 0 Å². The first kappa shape index (κ1) is 9.11. The topological polar surface area (TPSA) is 60.8 Å². The van der Waals surface area contributed by atoms with E-state index in [1.807, 2.05) is 0 Å². The summed E-state index contributed by atoms with van der Waals surface area (Å²) in [5.41, 5.74) is 0. The van der Waals surface area contributed by atoms with Gasteiger partial charge in [0.05, 0.1) is 0 Å². The molecule has 0 atom stereocenters. The molecule has 0 aromatic heterocycles. The molecule has 9 heavy (non-hydrogen) atoms. The molecule has 0 spiro atoms. The van der Waals surface area contributed by atoms with E-state index in [1.165, 1.54) is 7.05 Å². The molecule has 0 saturated carbocycles. The predicted molar refractivity (Wildman–Crippen MR) is 34.9 cm³/mol. The van der Waals surface area contributed by atoms with Gasteiger partial charge in [0.25, 0.3) is 0 Å². The minimum Gasteiger partial charge on any atom is -0.312 e. The maximum absolute atomic E-state index is 10.4. The molecule has 0 rings (SSSR count). The first-order valence-electron chi connectivity index (χ1n) is 2.64. The highest BCUT2D eigenvalue weighted by molar-refractivity contribution is 7.49. The van der Waals surface area contributed by atoms with Crippen LogP contribution < -0.4 is 0 Å². The molecule has 0 aromatic rings. The van der Waals surface area contributed by atoms with Crippen molar-refractivity contribution in [1.29, 1.82) is 0 Å². The van der Waals surface area contributed by atoms with Crippen LogP contribution in [0.1, 0.15) is 13.8 Å². The highest BCUT2D eigenvalue weighted by Gasteiger charge is 2.22. The highest BCUT2D eigenvalue weighted by atomic mass is 31.2. The molecule has 0 unspecified atom stereocenters. The molecule has 56 valence electrons. The number of nitrogens with zero attached hydrogens (tertiary/aromatic N) is 1. The summed E-state index contributed by atoms with van der Waals surface area (Å²) in [5, 5.41) is 0. The molecule has 0 aliphatic heterocycles. The lowest BCUT2D eigenvalue weighted by Crippen LogP contribution is -2.22. The molecule has 0 heterocycles. The first-order chi connectivity index (χ1) is 3.85. The van der Waals surface area contributed by atoms with Crippen LogP contribution in [0, 0.1) is 0 Å². The zero-order valence-electron chi connectivity index (χ0n) is 5.77. The second-order valence-electron chi connectivity index (χ2n) is 2.18. The normalized spacial score (nSPS) is 13.2. The van der Waals surface area contributed by atoms with E-state index in [0.717, 1.165) is 4.67 Å². The van der Waals surface area contributed by atoms with Gasteiger partial charge in [-0.05, 0) is 20.9 Å². The molecule has 4 nitrogen and oxygen atoms in total. The van der Waals surface area contributed by atoms with E-state index < -0.39 is 7.75 Å². The lowest BCUT2D eigenvalue weighted by molar-refractivity contribution is 0.269. The molecule has 0 radical (unpaired) electrons. The molecular weight excluding hydrogens is 141 g/mol. The minimum atomic E-state index is -3.98. The third-order valence-corrected chi connectivity index (χ3v) is 2.44. The monoisotopic (exact) mass is 153 g/mol. The number of hydrogen-bond donors (Lipinski definition) is 2. The molecular formula is C4H12NO3P. The lowest BCUT2D eigenvalue weighted by atomic mass is 10.4. The summed E-state index contributed by atoms with van der Waals surface area (Å²) in [6.07, 6.45) is 0. The largest absolute Gasteiger partial charge is 0.402 e. The van der Waals surface area contributed by atoms with Crippen molar-refractivity contribution in [2.24, 2.45) is 0 Å². The van der Waals surface area contributed by atoms with Gasteiger partial charge in [0.15, 0.2) is 0 Å². The van der Waals surface area contributed by atoms with E-state index in [0.29, 0.717) is 0 Å². The fourth-order valence-electron chi connectivity index (χ4n) is 0.301. The Labute approximate surface area is 54.7 Å². The van der Waals surface area contributed by atoms with E-state index in [1.54, 1.807) is 13.8 Å². The van der Waals surface area contributed by atoms with Crippen molar-refractivity contribution >= 4 is 7.75 Å². The van der Waals surface area contributed by atoms with Gasteiger partial charge in [-0.15, -0.1) is 0 Å². The number of rotatable bonds is 2. The molecule has 0 aliphatic rings. The number of hydrogen-bond acceptors (Lipinski definition) is 1. The zero-order chi connectivity index (χ0) is 7.65.